The predicted octanol–water partition coefficient (Wildman–Crippen LogP) is 3.97. The number of aromatic carboxylic acids is 1. The van der Waals surface area contributed by atoms with Gasteiger partial charge in [0.1, 0.15) is 0 Å². The van der Waals surface area contributed by atoms with E-state index in [1.165, 1.54) is 5.56 Å². The van der Waals surface area contributed by atoms with Gasteiger partial charge >= 0.3 is 5.97 Å². The quantitative estimate of drug-likeness (QED) is 0.840. The van der Waals surface area contributed by atoms with E-state index in [9.17, 15) is 9.90 Å². The number of carbonyl (C=O) groups is 1. The minimum absolute atomic E-state index is 0.361. The van der Waals surface area contributed by atoms with Crippen molar-refractivity contribution in [1.82, 2.24) is 9.80 Å². The maximum atomic E-state index is 11.2. The Balaban J connectivity index is 1.63. The number of carboxylic acid groups (broad SMARTS) is 1. The number of nitrogens with zero attached hydrogens (tertiary/aromatic N) is 2. The molecule has 3 rings (SSSR count). The molecule has 2 aromatic carbocycles. The third kappa shape index (κ3) is 4.96. The summed E-state index contributed by atoms with van der Waals surface area (Å²) in [7, 11) is 2.16. The summed E-state index contributed by atoms with van der Waals surface area (Å²) in [5.41, 5.74) is 2.79. The molecule has 0 amide bonds. The maximum Gasteiger partial charge on any atom is 0.335 e. The van der Waals surface area contributed by atoms with Crippen molar-refractivity contribution in [2.45, 2.75) is 33.0 Å². The fraction of sp³-hybridized carbons (Fsp3) is 0.435. The van der Waals surface area contributed by atoms with Crippen LogP contribution in [-0.4, -0.2) is 47.1 Å². The molecule has 144 valence electrons. The first-order valence-corrected chi connectivity index (χ1v) is 9.73. The molecule has 2 aromatic rings. The Bertz CT molecular complexity index is 750. The van der Waals surface area contributed by atoms with Gasteiger partial charge in [-0.3, -0.25) is 9.80 Å². The second-order valence-electron chi connectivity index (χ2n) is 8.05. The van der Waals surface area contributed by atoms with E-state index in [0.29, 0.717) is 23.4 Å². The summed E-state index contributed by atoms with van der Waals surface area (Å²) in [6, 6.07) is 18.5. The van der Waals surface area contributed by atoms with Crippen molar-refractivity contribution in [3.05, 3.63) is 71.3 Å². The lowest BCUT2D eigenvalue weighted by Gasteiger charge is -2.45. The Morgan fingerprint density at radius 1 is 1.04 bits per heavy atom. The number of rotatable bonds is 6. The third-order valence-corrected chi connectivity index (χ3v) is 5.62. The maximum absolute atomic E-state index is 11.2. The van der Waals surface area contributed by atoms with E-state index >= 15 is 0 Å². The zero-order valence-corrected chi connectivity index (χ0v) is 16.5. The van der Waals surface area contributed by atoms with Crippen LogP contribution in [-0.2, 0) is 13.1 Å². The third-order valence-electron chi connectivity index (χ3n) is 5.62. The van der Waals surface area contributed by atoms with Crippen molar-refractivity contribution in [3.63, 3.8) is 0 Å². The summed E-state index contributed by atoms with van der Waals surface area (Å²) >= 11 is 0. The van der Waals surface area contributed by atoms with Gasteiger partial charge in [-0.05, 0) is 42.1 Å². The number of piperidine rings is 1. The molecule has 1 heterocycles. The standard InChI is InChI=1S/C23H30N2O2/c1-17-13-25(16-19-8-5-4-6-9-19)14-18(2)22(17)24(3)15-20-10-7-11-21(12-20)23(26)27/h4-12,17-18,22H,13-16H2,1-3H3,(H,26,27). The SMILES string of the molecule is CC1CN(Cc2ccccc2)CC(C)C1N(C)Cc1cccc(C(=O)O)c1. The fourth-order valence-corrected chi connectivity index (χ4v) is 4.70. The molecule has 0 spiro atoms. The lowest BCUT2D eigenvalue weighted by Crippen LogP contribution is -2.53. The van der Waals surface area contributed by atoms with E-state index < -0.39 is 5.97 Å². The van der Waals surface area contributed by atoms with Gasteiger partial charge in [0.2, 0.25) is 0 Å². The Labute approximate surface area is 162 Å². The highest BCUT2D eigenvalue weighted by Gasteiger charge is 2.34. The van der Waals surface area contributed by atoms with Crippen molar-refractivity contribution in [1.29, 1.82) is 0 Å². The van der Waals surface area contributed by atoms with E-state index in [2.05, 4.69) is 61.0 Å². The molecule has 0 aliphatic carbocycles. The molecule has 4 nitrogen and oxygen atoms in total. The lowest BCUT2D eigenvalue weighted by atomic mass is 9.84. The van der Waals surface area contributed by atoms with Crippen molar-refractivity contribution >= 4 is 5.97 Å². The molecular weight excluding hydrogens is 336 g/mol. The highest BCUT2D eigenvalue weighted by atomic mass is 16.4. The first kappa shape index (κ1) is 19.6. The van der Waals surface area contributed by atoms with E-state index in [1.807, 2.05) is 12.1 Å². The Morgan fingerprint density at radius 3 is 2.30 bits per heavy atom. The summed E-state index contributed by atoms with van der Waals surface area (Å²) in [5, 5.41) is 9.21. The molecule has 1 saturated heterocycles. The average Bonchev–Trinajstić information content (AvgIpc) is 2.62. The molecule has 2 unspecified atom stereocenters. The minimum Gasteiger partial charge on any atom is -0.478 e. The zero-order chi connectivity index (χ0) is 19.4. The van der Waals surface area contributed by atoms with Crippen LogP contribution in [0.15, 0.2) is 54.6 Å². The second-order valence-corrected chi connectivity index (χ2v) is 8.05. The van der Waals surface area contributed by atoms with Crippen molar-refractivity contribution in [3.8, 4) is 0 Å². The summed E-state index contributed by atoms with van der Waals surface area (Å²) in [5.74, 6) is 0.255. The van der Waals surface area contributed by atoms with E-state index in [1.54, 1.807) is 12.1 Å². The van der Waals surface area contributed by atoms with E-state index in [-0.39, 0.29) is 0 Å². The first-order chi connectivity index (χ1) is 12.9. The first-order valence-electron chi connectivity index (χ1n) is 9.73. The molecule has 0 radical (unpaired) electrons. The highest BCUT2D eigenvalue weighted by molar-refractivity contribution is 5.87. The summed E-state index contributed by atoms with van der Waals surface area (Å²) < 4.78 is 0. The van der Waals surface area contributed by atoms with E-state index in [0.717, 1.165) is 31.7 Å². The van der Waals surface area contributed by atoms with Crippen LogP contribution in [0.5, 0.6) is 0 Å². The van der Waals surface area contributed by atoms with Crippen molar-refractivity contribution in [2.24, 2.45) is 11.8 Å². The molecule has 4 heteroatoms. The van der Waals surface area contributed by atoms with Gasteiger partial charge in [-0.2, -0.15) is 0 Å². The van der Waals surface area contributed by atoms with Crippen LogP contribution in [0.25, 0.3) is 0 Å². The number of hydrogen-bond donors (Lipinski definition) is 1. The van der Waals surface area contributed by atoms with E-state index in [4.69, 9.17) is 0 Å². The summed E-state index contributed by atoms with van der Waals surface area (Å²) in [6.07, 6.45) is 0. The smallest absolute Gasteiger partial charge is 0.335 e. The molecule has 27 heavy (non-hydrogen) atoms. The Kier molecular flexibility index (Phi) is 6.30. The normalized spacial score (nSPS) is 23.5. The van der Waals surface area contributed by atoms with Crippen molar-refractivity contribution < 1.29 is 9.90 Å². The molecule has 0 bridgehead atoms. The number of benzene rings is 2. The van der Waals surface area contributed by atoms with Crippen LogP contribution in [0.1, 0.15) is 35.3 Å². The minimum atomic E-state index is -0.865. The van der Waals surface area contributed by atoms with Gasteiger partial charge in [-0.25, -0.2) is 4.79 Å². The van der Waals surface area contributed by atoms with Crippen LogP contribution >= 0.6 is 0 Å². The monoisotopic (exact) mass is 366 g/mol. The Hall–Kier alpha value is -2.17. The Morgan fingerprint density at radius 2 is 1.67 bits per heavy atom. The average molecular weight is 367 g/mol. The van der Waals surface area contributed by atoms with Gasteiger partial charge in [-0.1, -0.05) is 56.3 Å². The van der Waals surface area contributed by atoms with Crippen molar-refractivity contribution in [2.75, 3.05) is 20.1 Å². The molecule has 0 saturated carbocycles. The number of hydrogen-bond acceptors (Lipinski definition) is 3. The molecule has 2 atom stereocenters. The molecule has 1 aliphatic rings. The number of likely N-dealkylation sites (tertiary alicyclic amines) is 1. The van der Waals surface area contributed by atoms with Crippen LogP contribution < -0.4 is 0 Å². The van der Waals surface area contributed by atoms with Gasteiger partial charge in [0, 0.05) is 32.2 Å². The topological polar surface area (TPSA) is 43.8 Å². The highest BCUT2D eigenvalue weighted by Crippen LogP contribution is 2.28. The van der Waals surface area contributed by atoms with Crippen LogP contribution in [0, 0.1) is 11.8 Å². The molecule has 1 aliphatic heterocycles. The van der Waals surface area contributed by atoms with Crippen LogP contribution in [0.4, 0.5) is 0 Å². The molecule has 1 N–H and O–H groups in total. The largest absolute Gasteiger partial charge is 0.478 e. The van der Waals surface area contributed by atoms with Crippen LogP contribution in [0.3, 0.4) is 0 Å². The lowest BCUT2D eigenvalue weighted by molar-refractivity contribution is 0.0290. The summed E-state index contributed by atoms with van der Waals surface area (Å²) in [6.45, 7) is 8.63. The summed E-state index contributed by atoms with van der Waals surface area (Å²) in [4.78, 5) is 16.2. The predicted molar refractivity (Wildman–Crippen MR) is 109 cm³/mol. The molecule has 0 aromatic heterocycles. The van der Waals surface area contributed by atoms with Gasteiger partial charge in [-0.15, -0.1) is 0 Å². The molecule has 1 fully saturated rings. The van der Waals surface area contributed by atoms with Gasteiger partial charge in [0.15, 0.2) is 0 Å². The fourth-order valence-electron chi connectivity index (χ4n) is 4.70. The second kappa shape index (κ2) is 8.68. The molecular formula is C23H30N2O2. The zero-order valence-electron chi connectivity index (χ0n) is 16.5. The number of carboxylic acids is 1. The van der Waals surface area contributed by atoms with Gasteiger partial charge in [0.05, 0.1) is 5.56 Å². The van der Waals surface area contributed by atoms with Gasteiger partial charge in [0.25, 0.3) is 0 Å². The van der Waals surface area contributed by atoms with Crippen LogP contribution in [0.2, 0.25) is 0 Å². The van der Waals surface area contributed by atoms with Gasteiger partial charge < -0.3 is 5.11 Å².